The van der Waals surface area contributed by atoms with Gasteiger partial charge in [0.2, 0.25) is 0 Å². The molecule has 2 N–H and O–H groups in total. The Balaban J connectivity index is 1.69. The molecule has 0 bridgehead atoms. The second-order valence-corrected chi connectivity index (χ2v) is 6.61. The predicted molar refractivity (Wildman–Crippen MR) is 105 cm³/mol. The molecule has 10 heteroatoms. The van der Waals surface area contributed by atoms with E-state index in [0.717, 1.165) is 12.3 Å². The van der Waals surface area contributed by atoms with Gasteiger partial charge in [-0.2, -0.15) is 0 Å². The van der Waals surface area contributed by atoms with Gasteiger partial charge in [0.25, 0.3) is 18.2 Å². The minimum absolute atomic E-state index is 0.120. The van der Waals surface area contributed by atoms with Crippen LogP contribution in [0.1, 0.15) is 28.9 Å². The van der Waals surface area contributed by atoms with Crippen molar-refractivity contribution in [1.29, 1.82) is 0 Å². The van der Waals surface area contributed by atoms with E-state index in [1.807, 2.05) is 0 Å². The standard InChI is InChI=1S/C19H17Cl2F2N3O3/c1-11(26-19(28)12-2-5-16(18(22)23)25-9-12)6-7-24-17(27)10-29-13-3-4-14(20)15(21)8-13/h2-5,8-9,18H,1,6-7,10H2,(H,24,27)(H,26,28). The van der Waals surface area contributed by atoms with Crippen LogP contribution in [0.25, 0.3) is 0 Å². The van der Waals surface area contributed by atoms with Crippen molar-refractivity contribution in [3.63, 3.8) is 0 Å². The number of carbonyl (C=O) groups is 2. The number of alkyl halides is 2. The second kappa shape index (κ2) is 10.7. The molecule has 0 radical (unpaired) electrons. The number of ether oxygens (including phenoxy) is 1. The lowest BCUT2D eigenvalue weighted by molar-refractivity contribution is -0.123. The normalized spacial score (nSPS) is 10.5. The molecule has 0 saturated carbocycles. The highest BCUT2D eigenvalue weighted by molar-refractivity contribution is 6.42. The van der Waals surface area contributed by atoms with E-state index >= 15 is 0 Å². The van der Waals surface area contributed by atoms with Crippen LogP contribution < -0.4 is 15.4 Å². The summed E-state index contributed by atoms with van der Waals surface area (Å²) in [6.07, 6.45) is -1.37. The van der Waals surface area contributed by atoms with Crippen LogP contribution in [0.15, 0.2) is 48.8 Å². The number of hydrogen-bond donors (Lipinski definition) is 2. The molecule has 2 aromatic rings. The second-order valence-electron chi connectivity index (χ2n) is 5.79. The smallest absolute Gasteiger partial charge is 0.280 e. The van der Waals surface area contributed by atoms with Gasteiger partial charge in [-0.3, -0.25) is 14.6 Å². The molecule has 29 heavy (non-hydrogen) atoms. The van der Waals surface area contributed by atoms with Crippen molar-refractivity contribution in [3.8, 4) is 5.75 Å². The van der Waals surface area contributed by atoms with E-state index in [-0.39, 0.29) is 31.0 Å². The number of benzene rings is 1. The average molecular weight is 444 g/mol. The van der Waals surface area contributed by atoms with Gasteiger partial charge in [-0.1, -0.05) is 29.8 Å². The number of carbonyl (C=O) groups excluding carboxylic acids is 2. The Morgan fingerprint density at radius 3 is 2.55 bits per heavy atom. The number of nitrogens with zero attached hydrogens (tertiary/aromatic N) is 1. The Morgan fingerprint density at radius 1 is 1.17 bits per heavy atom. The van der Waals surface area contributed by atoms with E-state index in [9.17, 15) is 18.4 Å². The number of amides is 2. The van der Waals surface area contributed by atoms with Crippen molar-refractivity contribution in [2.75, 3.05) is 13.2 Å². The number of halogens is 4. The lowest BCUT2D eigenvalue weighted by atomic mass is 10.2. The first kappa shape index (κ1) is 22.6. The molecule has 0 spiro atoms. The maximum atomic E-state index is 12.5. The molecule has 154 valence electrons. The molecule has 1 heterocycles. The quantitative estimate of drug-likeness (QED) is 0.609. The number of rotatable bonds is 9. The summed E-state index contributed by atoms with van der Waals surface area (Å²) in [6, 6.07) is 6.97. The molecule has 2 rings (SSSR count). The Kier molecular flexibility index (Phi) is 8.35. The van der Waals surface area contributed by atoms with Gasteiger partial charge in [0.1, 0.15) is 11.4 Å². The van der Waals surface area contributed by atoms with Crippen molar-refractivity contribution in [2.24, 2.45) is 0 Å². The fourth-order valence-corrected chi connectivity index (χ4v) is 2.37. The van der Waals surface area contributed by atoms with Gasteiger partial charge < -0.3 is 15.4 Å². The Morgan fingerprint density at radius 2 is 1.93 bits per heavy atom. The number of pyridine rings is 1. The zero-order valence-electron chi connectivity index (χ0n) is 15.1. The van der Waals surface area contributed by atoms with Gasteiger partial charge in [-0.25, -0.2) is 8.78 Å². The third kappa shape index (κ3) is 7.32. The molecule has 0 aliphatic rings. The molecule has 0 aliphatic carbocycles. The van der Waals surface area contributed by atoms with Crippen molar-refractivity contribution in [2.45, 2.75) is 12.8 Å². The van der Waals surface area contributed by atoms with Crippen LogP contribution >= 0.6 is 23.2 Å². The molecular formula is C19H17Cl2F2N3O3. The van der Waals surface area contributed by atoms with Gasteiger partial charge in [0.05, 0.1) is 15.6 Å². The molecule has 0 aliphatic heterocycles. The highest BCUT2D eigenvalue weighted by Gasteiger charge is 2.12. The largest absolute Gasteiger partial charge is 0.484 e. The lowest BCUT2D eigenvalue weighted by Crippen LogP contribution is -2.31. The average Bonchev–Trinajstić information content (AvgIpc) is 2.69. The van der Waals surface area contributed by atoms with Crippen molar-refractivity contribution >= 4 is 35.0 Å². The molecule has 0 saturated heterocycles. The molecule has 6 nitrogen and oxygen atoms in total. The highest BCUT2D eigenvalue weighted by atomic mass is 35.5. The van der Waals surface area contributed by atoms with E-state index in [1.54, 1.807) is 12.1 Å². The van der Waals surface area contributed by atoms with E-state index in [0.29, 0.717) is 21.5 Å². The lowest BCUT2D eigenvalue weighted by Gasteiger charge is -2.10. The van der Waals surface area contributed by atoms with E-state index < -0.39 is 18.0 Å². The Hall–Kier alpha value is -2.71. The summed E-state index contributed by atoms with van der Waals surface area (Å²) >= 11 is 11.7. The Bertz CT molecular complexity index is 893. The number of hydrogen-bond acceptors (Lipinski definition) is 4. The van der Waals surface area contributed by atoms with Crippen LogP contribution in [0.3, 0.4) is 0 Å². The van der Waals surface area contributed by atoms with Crippen molar-refractivity contribution < 1.29 is 23.1 Å². The van der Waals surface area contributed by atoms with Crippen LogP contribution in [-0.2, 0) is 4.79 Å². The maximum absolute atomic E-state index is 12.5. The first-order chi connectivity index (χ1) is 13.8. The minimum atomic E-state index is -2.70. The predicted octanol–water partition coefficient (Wildman–Crippen LogP) is 4.15. The summed E-state index contributed by atoms with van der Waals surface area (Å²) < 4.78 is 30.2. The number of nitrogens with one attached hydrogen (secondary N) is 2. The van der Waals surface area contributed by atoms with Crippen LogP contribution in [0, 0.1) is 0 Å². The summed E-state index contributed by atoms with van der Waals surface area (Å²) in [4.78, 5) is 27.3. The molecule has 1 aromatic carbocycles. The van der Waals surface area contributed by atoms with E-state index in [1.165, 1.54) is 12.1 Å². The first-order valence-corrected chi connectivity index (χ1v) is 9.09. The molecule has 1 aromatic heterocycles. The fraction of sp³-hybridized carbons (Fsp3) is 0.211. The number of aromatic nitrogens is 1. The van der Waals surface area contributed by atoms with Crippen LogP contribution in [0.4, 0.5) is 8.78 Å². The molecule has 0 fully saturated rings. The third-order valence-corrected chi connectivity index (χ3v) is 4.31. The van der Waals surface area contributed by atoms with E-state index in [4.69, 9.17) is 27.9 Å². The van der Waals surface area contributed by atoms with Crippen molar-refractivity contribution in [1.82, 2.24) is 15.6 Å². The summed E-state index contributed by atoms with van der Waals surface area (Å²) in [5, 5.41) is 5.82. The summed E-state index contributed by atoms with van der Waals surface area (Å²) in [7, 11) is 0. The van der Waals surface area contributed by atoms with Crippen LogP contribution in [0.5, 0.6) is 5.75 Å². The highest BCUT2D eigenvalue weighted by Crippen LogP contribution is 2.26. The van der Waals surface area contributed by atoms with Gasteiger partial charge >= 0.3 is 0 Å². The third-order valence-electron chi connectivity index (χ3n) is 3.57. The summed E-state index contributed by atoms with van der Waals surface area (Å²) in [6.45, 7) is 3.68. The maximum Gasteiger partial charge on any atom is 0.280 e. The monoisotopic (exact) mass is 443 g/mol. The fourth-order valence-electron chi connectivity index (χ4n) is 2.08. The van der Waals surface area contributed by atoms with Gasteiger partial charge in [0.15, 0.2) is 6.61 Å². The van der Waals surface area contributed by atoms with E-state index in [2.05, 4.69) is 22.2 Å². The SMILES string of the molecule is C=C(CCNC(=O)COc1ccc(Cl)c(Cl)c1)NC(=O)c1ccc(C(F)F)nc1. The van der Waals surface area contributed by atoms with Gasteiger partial charge in [0, 0.05) is 30.9 Å². The molecule has 0 unspecified atom stereocenters. The first-order valence-electron chi connectivity index (χ1n) is 8.34. The minimum Gasteiger partial charge on any atom is -0.484 e. The van der Waals surface area contributed by atoms with Crippen LogP contribution in [-0.4, -0.2) is 29.9 Å². The van der Waals surface area contributed by atoms with Gasteiger partial charge in [-0.05, 0) is 24.3 Å². The summed E-state index contributed by atoms with van der Waals surface area (Å²) in [5.41, 5.74) is 0.0550. The molecular weight excluding hydrogens is 427 g/mol. The van der Waals surface area contributed by atoms with Crippen molar-refractivity contribution in [3.05, 3.63) is 70.1 Å². The zero-order valence-corrected chi connectivity index (χ0v) is 16.6. The Labute approximate surface area is 175 Å². The molecule has 0 atom stereocenters. The van der Waals surface area contributed by atoms with Crippen LogP contribution in [0.2, 0.25) is 10.0 Å². The zero-order chi connectivity index (χ0) is 21.4. The topological polar surface area (TPSA) is 80.3 Å². The summed E-state index contributed by atoms with van der Waals surface area (Å²) in [5.74, 6) is -0.503. The molecule has 2 amide bonds. The van der Waals surface area contributed by atoms with Gasteiger partial charge in [-0.15, -0.1) is 0 Å².